The van der Waals surface area contributed by atoms with Crippen LogP contribution in [0.5, 0.6) is 0 Å². The summed E-state index contributed by atoms with van der Waals surface area (Å²) in [5, 5.41) is 7.61. The highest BCUT2D eigenvalue weighted by molar-refractivity contribution is 4.99. The van der Waals surface area contributed by atoms with Gasteiger partial charge in [0.1, 0.15) is 0 Å². The molecule has 0 fully saturated rings. The molecule has 0 bridgehead atoms. The van der Waals surface area contributed by atoms with E-state index in [9.17, 15) is 0 Å². The molecular formula is C11H21N3O. The van der Waals surface area contributed by atoms with E-state index in [-0.39, 0.29) is 0 Å². The lowest BCUT2D eigenvalue weighted by atomic mass is 10.2. The van der Waals surface area contributed by atoms with Crippen molar-refractivity contribution in [2.45, 2.75) is 32.4 Å². The second kappa shape index (κ2) is 6.58. The Morgan fingerprint density at radius 2 is 2.40 bits per heavy atom. The molecule has 0 aromatic carbocycles. The highest BCUT2D eigenvalue weighted by Crippen LogP contribution is 2.01. The molecule has 0 amide bonds. The number of aromatic nitrogens is 2. The van der Waals surface area contributed by atoms with Crippen molar-refractivity contribution in [3.05, 3.63) is 18.0 Å². The van der Waals surface area contributed by atoms with Crippen molar-refractivity contribution >= 4 is 0 Å². The van der Waals surface area contributed by atoms with Crippen molar-refractivity contribution in [3.63, 3.8) is 0 Å². The van der Waals surface area contributed by atoms with E-state index in [2.05, 4.69) is 17.3 Å². The van der Waals surface area contributed by atoms with Crippen molar-refractivity contribution in [1.82, 2.24) is 15.1 Å². The molecule has 0 spiro atoms. The second-order valence-corrected chi connectivity index (χ2v) is 3.77. The first-order chi connectivity index (χ1) is 7.27. The van der Waals surface area contributed by atoms with Crippen molar-refractivity contribution < 1.29 is 4.74 Å². The Morgan fingerprint density at radius 1 is 1.60 bits per heavy atom. The molecule has 0 aliphatic heterocycles. The van der Waals surface area contributed by atoms with Crippen LogP contribution in [-0.2, 0) is 18.3 Å². The molecule has 86 valence electrons. The van der Waals surface area contributed by atoms with Crippen LogP contribution in [0.25, 0.3) is 0 Å². The molecule has 1 rings (SSSR count). The van der Waals surface area contributed by atoms with Gasteiger partial charge in [-0.3, -0.25) is 4.68 Å². The van der Waals surface area contributed by atoms with E-state index in [1.54, 1.807) is 7.11 Å². The highest BCUT2D eigenvalue weighted by atomic mass is 16.5. The van der Waals surface area contributed by atoms with Crippen LogP contribution >= 0.6 is 0 Å². The third kappa shape index (κ3) is 4.01. The Hall–Kier alpha value is -0.870. The molecule has 1 aromatic rings. The Morgan fingerprint density at radius 3 is 2.93 bits per heavy atom. The molecule has 1 unspecified atom stereocenters. The van der Waals surface area contributed by atoms with Gasteiger partial charge in [-0.05, 0) is 12.5 Å². The summed E-state index contributed by atoms with van der Waals surface area (Å²) in [5.74, 6) is 0. The topological polar surface area (TPSA) is 39.1 Å². The van der Waals surface area contributed by atoms with E-state index in [1.807, 2.05) is 24.0 Å². The van der Waals surface area contributed by atoms with Crippen molar-refractivity contribution in [2.75, 3.05) is 13.7 Å². The number of hydrogen-bond donors (Lipinski definition) is 1. The first kappa shape index (κ1) is 12.2. The summed E-state index contributed by atoms with van der Waals surface area (Å²) in [4.78, 5) is 0. The van der Waals surface area contributed by atoms with E-state index in [0.717, 1.165) is 19.6 Å². The highest BCUT2D eigenvalue weighted by Gasteiger charge is 2.07. The Kier molecular flexibility index (Phi) is 5.36. The van der Waals surface area contributed by atoms with Crippen molar-refractivity contribution in [2.24, 2.45) is 7.05 Å². The summed E-state index contributed by atoms with van der Waals surface area (Å²) in [5.41, 5.74) is 1.20. The van der Waals surface area contributed by atoms with Gasteiger partial charge < -0.3 is 10.1 Å². The molecule has 0 aliphatic carbocycles. The molecule has 4 nitrogen and oxygen atoms in total. The Balaban J connectivity index is 2.36. The van der Waals surface area contributed by atoms with Crippen LogP contribution in [0, 0.1) is 0 Å². The lowest BCUT2D eigenvalue weighted by Gasteiger charge is -2.16. The number of ether oxygens (including phenoxy) is 1. The van der Waals surface area contributed by atoms with Gasteiger partial charge in [-0.25, -0.2) is 0 Å². The number of aryl methyl sites for hydroxylation is 1. The first-order valence-electron chi connectivity index (χ1n) is 5.47. The monoisotopic (exact) mass is 211 g/mol. The van der Waals surface area contributed by atoms with Crippen LogP contribution in [0.2, 0.25) is 0 Å². The largest absolute Gasteiger partial charge is 0.383 e. The molecule has 1 heterocycles. The minimum absolute atomic E-state index is 0.440. The average Bonchev–Trinajstić information content (AvgIpc) is 2.61. The molecule has 0 saturated carbocycles. The standard InChI is InChI=1S/C11H21N3O/c1-4-5-10(9-15-3)12-8-11-6-7-13-14(11)2/h6-7,10,12H,4-5,8-9H2,1-3H3. The zero-order valence-corrected chi connectivity index (χ0v) is 9.86. The van der Waals surface area contributed by atoms with Gasteiger partial charge in [-0.2, -0.15) is 5.10 Å². The maximum absolute atomic E-state index is 5.17. The van der Waals surface area contributed by atoms with Gasteiger partial charge in [0, 0.05) is 32.9 Å². The zero-order valence-electron chi connectivity index (χ0n) is 9.86. The van der Waals surface area contributed by atoms with Crippen LogP contribution in [0.1, 0.15) is 25.5 Å². The van der Waals surface area contributed by atoms with Crippen LogP contribution in [0.4, 0.5) is 0 Å². The molecule has 1 aromatic heterocycles. The lowest BCUT2D eigenvalue weighted by molar-refractivity contribution is 0.161. The fourth-order valence-corrected chi connectivity index (χ4v) is 1.62. The molecule has 0 aliphatic rings. The van der Waals surface area contributed by atoms with Gasteiger partial charge in [-0.1, -0.05) is 13.3 Å². The molecule has 1 N–H and O–H groups in total. The molecule has 0 saturated heterocycles. The number of hydrogen-bond acceptors (Lipinski definition) is 3. The summed E-state index contributed by atoms with van der Waals surface area (Å²) in [6.45, 7) is 3.81. The summed E-state index contributed by atoms with van der Waals surface area (Å²) in [6.07, 6.45) is 4.14. The predicted octanol–water partition coefficient (Wildman–Crippen LogP) is 1.32. The summed E-state index contributed by atoms with van der Waals surface area (Å²) >= 11 is 0. The summed E-state index contributed by atoms with van der Waals surface area (Å²) < 4.78 is 7.06. The second-order valence-electron chi connectivity index (χ2n) is 3.77. The molecular weight excluding hydrogens is 190 g/mol. The van der Waals surface area contributed by atoms with Gasteiger partial charge in [0.15, 0.2) is 0 Å². The normalized spacial score (nSPS) is 13.0. The summed E-state index contributed by atoms with van der Waals surface area (Å²) in [6, 6.07) is 2.47. The van der Waals surface area contributed by atoms with Crippen LogP contribution < -0.4 is 5.32 Å². The quantitative estimate of drug-likeness (QED) is 0.739. The number of nitrogens with zero attached hydrogens (tertiary/aromatic N) is 2. The van der Waals surface area contributed by atoms with Gasteiger partial charge in [0.25, 0.3) is 0 Å². The van der Waals surface area contributed by atoms with Gasteiger partial charge in [0.2, 0.25) is 0 Å². The van der Waals surface area contributed by atoms with Crippen molar-refractivity contribution in [1.29, 1.82) is 0 Å². The van der Waals surface area contributed by atoms with E-state index in [4.69, 9.17) is 4.74 Å². The zero-order chi connectivity index (χ0) is 11.1. The van der Waals surface area contributed by atoms with Crippen molar-refractivity contribution in [3.8, 4) is 0 Å². The number of rotatable bonds is 7. The molecule has 4 heteroatoms. The van der Waals surface area contributed by atoms with Gasteiger partial charge >= 0.3 is 0 Å². The molecule has 15 heavy (non-hydrogen) atoms. The third-order valence-electron chi connectivity index (χ3n) is 2.50. The minimum Gasteiger partial charge on any atom is -0.383 e. The molecule has 1 atom stereocenters. The predicted molar refractivity (Wildman–Crippen MR) is 60.6 cm³/mol. The fraction of sp³-hybridized carbons (Fsp3) is 0.727. The van der Waals surface area contributed by atoms with Crippen LogP contribution in [0.3, 0.4) is 0 Å². The van der Waals surface area contributed by atoms with E-state index in [0.29, 0.717) is 6.04 Å². The lowest BCUT2D eigenvalue weighted by Crippen LogP contribution is -2.33. The minimum atomic E-state index is 0.440. The third-order valence-corrected chi connectivity index (χ3v) is 2.50. The number of nitrogens with one attached hydrogen (secondary N) is 1. The maximum atomic E-state index is 5.17. The van der Waals surface area contributed by atoms with Crippen LogP contribution in [0.15, 0.2) is 12.3 Å². The van der Waals surface area contributed by atoms with Gasteiger partial charge in [0.05, 0.1) is 12.3 Å². The fourth-order valence-electron chi connectivity index (χ4n) is 1.62. The Bertz CT molecular complexity index is 267. The Labute approximate surface area is 91.6 Å². The van der Waals surface area contributed by atoms with Crippen LogP contribution in [-0.4, -0.2) is 29.5 Å². The first-order valence-corrected chi connectivity index (χ1v) is 5.47. The number of methoxy groups -OCH3 is 1. The smallest absolute Gasteiger partial charge is 0.0615 e. The summed E-state index contributed by atoms with van der Waals surface area (Å²) in [7, 11) is 3.70. The molecule has 0 radical (unpaired) electrons. The maximum Gasteiger partial charge on any atom is 0.0615 e. The van der Waals surface area contributed by atoms with E-state index in [1.165, 1.54) is 12.1 Å². The van der Waals surface area contributed by atoms with E-state index >= 15 is 0 Å². The SMILES string of the molecule is CCCC(COC)NCc1ccnn1C. The average molecular weight is 211 g/mol. The van der Waals surface area contributed by atoms with Gasteiger partial charge in [-0.15, -0.1) is 0 Å². The van der Waals surface area contributed by atoms with E-state index < -0.39 is 0 Å².